The summed E-state index contributed by atoms with van der Waals surface area (Å²) in [5, 5.41) is 0. The predicted molar refractivity (Wildman–Crippen MR) is 108 cm³/mol. The van der Waals surface area contributed by atoms with Crippen LogP contribution in [0.1, 0.15) is 60.5 Å². The summed E-state index contributed by atoms with van der Waals surface area (Å²) in [5.74, 6) is -1.22. The Hall–Kier alpha value is -2.43. The molecule has 1 fully saturated rings. The summed E-state index contributed by atoms with van der Waals surface area (Å²) >= 11 is 0. The maximum absolute atomic E-state index is 15.0. The summed E-state index contributed by atoms with van der Waals surface area (Å²) < 4.78 is 34.9. The molecule has 2 aromatic rings. The lowest BCUT2D eigenvalue weighted by Gasteiger charge is -2.30. The number of nitrogens with zero attached hydrogens (tertiary/aromatic N) is 1. The van der Waals surface area contributed by atoms with Crippen LogP contribution in [0.4, 0.5) is 8.78 Å². The van der Waals surface area contributed by atoms with Gasteiger partial charge < -0.3 is 9.64 Å². The van der Waals surface area contributed by atoms with Gasteiger partial charge in [-0.15, -0.1) is 0 Å². The molecule has 0 N–H and O–H groups in total. The van der Waals surface area contributed by atoms with Gasteiger partial charge in [-0.1, -0.05) is 56.5 Å². The number of hydrogen-bond donors (Lipinski definition) is 0. The van der Waals surface area contributed by atoms with Crippen LogP contribution in [0.15, 0.2) is 36.4 Å². The SMILES string of the molecule is CCC1CCC(CN2Cc3cc(F)c(OCc4ccccc4)c(F)c3C2=O)CC1. The molecule has 29 heavy (non-hydrogen) atoms. The van der Waals surface area contributed by atoms with E-state index in [1.165, 1.54) is 25.3 Å². The molecule has 0 spiro atoms. The Bertz CT molecular complexity index is 876. The van der Waals surface area contributed by atoms with Gasteiger partial charge in [-0.3, -0.25) is 4.79 Å². The van der Waals surface area contributed by atoms with E-state index in [9.17, 15) is 9.18 Å². The Labute approximate surface area is 170 Å². The zero-order chi connectivity index (χ0) is 20.4. The van der Waals surface area contributed by atoms with Crippen LogP contribution >= 0.6 is 0 Å². The van der Waals surface area contributed by atoms with E-state index in [2.05, 4.69) is 6.92 Å². The van der Waals surface area contributed by atoms with Crippen LogP contribution in [0.2, 0.25) is 0 Å². The van der Waals surface area contributed by atoms with Crippen LogP contribution in [-0.4, -0.2) is 17.4 Å². The first-order chi connectivity index (χ1) is 14.1. The molecule has 1 amide bonds. The van der Waals surface area contributed by atoms with Gasteiger partial charge in [0.1, 0.15) is 6.61 Å². The molecule has 1 aliphatic carbocycles. The second-order valence-electron chi connectivity index (χ2n) is 8.29. The molecule has 4 rings (SSSR count). The lowest BCUT2D eigenvalue weighted by atomic mass is 9.80. The van der Waals surface area contributed by atoms with Gasteiger partial charge in [0.25, 0.3) is 5.91 Å². The Morgan fingerprint density at radius 3 is 2.45 bits per heavy atom. The quantitative estimate of drug-likeness (QED) is 0.622. The van der Waals surface area contributed by atoms with Crippen LogP contribution in [0, 0.1) is 23.5 Å². The van der Waals surface area contributed by atoms with E-state index in [0.717, 1.165) is 24.3 Å². The molecule has 2 aliphatic rings. The Morgan fingerprint density at radius 2 is 1.76 bits per heavy atom. The van der Waals surface area contributed by atoms with E-state index in [-0.39, 0.29) is 24.6 Å². The van der Waals surface area contributed by atoms with Gasteiger partial charge in [0, 0.05) is 13.1 Å². The number of hydrogen-bond acceptors (Lipinski definition) is 2. The summed E-state index contributed by atoms with van der Waals surface area (Å²) in [6, 6.07) is 10.4. The number of rotatable bonds is 6. The average molecular weight is 399 g/mol. The number of halogens is 2. The molecule has 0 saturated heterocycles. The third kappa shape index (κ3) is 4.14. The highest BCUT2D eigenvalue weighted by molar-refractivity contribution is 5.99. The molecular formula is C24H27F2NO2. The van der Waals surface area contributed by atoms with Gasteiger partial charge >= 0.3 is 0 Å². The number of carbonyl (C=O) groups is 1. The van der Waals surface area contributed by atoms with Crippen LogP contribution < -0.4 is 4.74 Å². The summed E-state index contributed by atoms with van der Waals surface area (Å²) in [5.41, 5.74) is 1.19. The van der Waals surface area contributed by atoms with E-state index in [1.807, 2.05) is 30.3 Å². The van der Waals surface area contributed by atoms with Crippen molar-refractivity contribution in [3.05, 3.63) is 64.7 Å². The number of amides is 1. The molecule has 3 nitrogen and oxygen atoms in total. The van der Waals surface area contributed by atoms with Crippen molar-refractivity contribution < 1.29 is 18.3 Å². The number of fused-ring (bicyclic) bond motifs is 1. The fraction of sp³-hybridized carbons (Fsp3) is 0.458. The molecule has 0 bridgehead atoms. The van der Waals surface area contributed by atoms with Crippen LogP contribution in [0.5, 0.6) is 5.75 Å². The first kappa shape index (κ1) is 19.9. The van der Waals surface area contributed by atoms with Crippen LogP contribution in [0.3, 0.4) is 0 Å². The van der Waals surface area contributed by atoms with Crippen molar-refractivity contribution >= 4 is 5.91 Å². The largest absolute Gasteiger partial charge is 0.483 e. The molecule has 0 unspecified atom stereocenters. The van der Waals surface area contributed by atoms with Crippen LogP contribution in [-0.2, 0) is 13.2 Å². The lowest BCUT2D eigenvalue weighted by molar-refractivity contribution is 0.0725. The normalized spacial score (nSPS) is 21.3. The Balaban J connectivity index is 1.47. The fourth-order valence-electron chi connectivity index (χ4n) is 4.58. The van der Waals surface area contributed by atoms with E-state index in [1.54, 1.807) is 4.90 Å². The Kier molecular flexibility index (Phi) is 5.84. The number of ether oxygens (including phenoxy) is 1. The highest BCUT2D eigenvalue weighted by Crippen LogP contribution is 2.36. The Morgan fingerprint density at radius 1 is 1.07 bits per heavy atom. The topological polar surface area (TPSA) is 29.5 Å². The van der Waals surface area contributed by atoms with E-state index >= 15 is 4.39 Å². The average Bonchev–Trinajstić information content (AvgIpc) is 3.04. The van der Waals surface area contributed by atoms with Crippen molar-refractivity contribution in [3.8, 4) is 5.75 Å². The second kappa shape index (κ2) is 8.52. The third-order valence-electron chi connectivity index (χ3n) is 6.37. The number of carbonyl (C=O) groups excluding carboxylic acids is 1. The first-order valence-electron chi connectivity index (χ1n) is 10.5. The van der Waals surface area contributed by atoms with Gasteiger partial charge in [0.15, 0.2) is 17.4 Å². The highest BCUT2D eigenvalue weighted by atomic mass is 19.1. The molecule has 1 saturated carbocycles. The van der Waals surface area contributed by atoms with Crippen molar-refractivity contribution in [1.29, 1.82) is 0 Å². The van der Waals surface area contributed by atoms with Crippen molar-refractivity contribution in [2.45, 2.75) is 52.2 Å². The second-order valence-corrected chi connectivity index (χ2v) is 8.29. The van der Waals surface area contributed by atoms with Crippen molar-refractivity contribution in [3.63, 3.8) is 0 Å². The van der Waals surface area contributed by atoms with Crippen LogP contribution in [0.25, 0.3) is 0 Å². The zero-order valence-electron chi connectivity index (χ0n) is 16.8. The maximum Gasteiger partial charge on any atom is 0.257 e. The molecule has 5 heteroatoms. The maximum atomic E-state index is 15.0. The van der Waals surface area contributed by atoms with Crippen molar-refractivity contribution in [2.75, 3.05) is 6.54 Å². The smallest absolute Gasteiger partial charge is 0.257 e. The highest BCUT2D eigenvalue weighted by Gasteiger charge is 2.35. The minimum Gasteiger partial charge on any atom is -0.483 e. The minimum absolute atomic E-state index is 0.0308. The first-order valence-corrected chi connectivity index (χ1v) is 10.5. The van der Waals surface area contributed by atoms with E-state index < -0.39 is 17.4 Å². The summed E-state index contributed by atoms with van der Waals surface area (Å²) in [7, 11) is 0. The van der Waals surface area contributed by atoms with E-state index in [4.69, 9.17) is 4.74 Å². The summed E-state index contributed by atoms with van der Waals surface area (Å²) in [6.45, 7) is 3.16. The fourth-order valence-corrected chi connectivity index (χ4v) is 4.58. The molecular weight excluding hydrogens is 372 g/mol. The zero-order valence-corrected chi connectivity index (χ0v) is 16.8. The molecule has 2 aromatic carbocycles. The summed E-state index contributed by atoms with van der Waals surface area (Å²) in [6.07, 6.45) is 5.78. The molecule has 0 radical (unpaired) electrons. The van der Waals surface area contributed by atoms with E-state index in [0.29, 0.717) is 18.0 Å². The van der Waals surface area contributed by atoms with Gasteiger partial charge in [-0.2, -0.15) is 0 Å². The summed E-state index contributed by atoms with van der Waals surface area (Å²) in [4.78, 5) is 14.5. The van der Waals surface area contributed by atoms with Gasteiger partial charge in [-0.05, 0) is 41.9 Å². The molecule has 1 aliphatic heterocycles. The molecule has 0 atom stereocenters. The van der Waals surface area contributed by atoms with Crippen molar-refractivity contribution in [1.82, 2.24) is 4.90 Å². The number of benzene rings is 2. The minimum atomic E-state index is -0.877. The van der Waals surface area contributed by atoms with Gasteiger partial charge in [0.05, 0.1) is 5.56 Å². The molecule has 0 aromatic heterocycles. The molecule has 1 heterocycles. The standard InChI is InChI=1S/C24H27F2NO2/c1-2-16-8-10-17(11-9-16)13-27-14-19-12-20(25)23(22(26)21(19)24(27)28)29-15-18-6-4-3-5-7-18/h3-7,12,16-17H,2,8-11,13-15H2,1H3. The molecule has 154 valence electrons. The lowest BCUT2D eigenvalue weighted by Crippen LogP contribution is -2.32. The predicted octanol–water partition coefficient (Wildman–Crippen LogP) is 5.72. The van der Waals surface area contributed by atoms with Crippen molar-refractivity contribution in [2.24, 2.45) is 11.8 Å². The van der Waals surface area contributed by atoms with Gasteiger partial charge in [0.2, 0.25) is 0 Å². The monoisotopic (exact) mass is 399 g/mol. The third-order valence-corrected chi connectivity index (χ3v) is 6.37. The van der Waals surface area contributed by atoms with Gasteiger partial charge in [-0.25, -0.2) is 8.78 Å².